The maximum absolute atomic E-state index is 10.8. The van der Waals surface area contributed by atoms with E-state index in [9.17, 15) is 20.3 Å². The maximum Gasteiger partial charge on any atom is 0.311 e. The van der Waals surface area contributed by atoms with Crippen molar-refractivity contribution in [2.75, 3.05) is 0 Å². The third kappa shape index (κ3) is 3.56. The molecule has 0 aliphatic rings. The van der Waals surface area contributed by atoms with Gasteiger partial charge in [0.25, 0.3) is 0 Å². The van der Waals surface area contributed by atoms with E-state index in [-0.39, 0.29) is 0 Å². The Morgan fingerprint density at radius 3 is 2.48 bits per heavy atom. The Kier molecular flexibility index (Phi) is 4.52. The van der Waals surface area contributed by atoms with E-state index in [1.54, 1.807) is 0 Å². The normalized spacial score (nSPS) is 13.6. The lowest BCUT2D eigenvalue weighted by molar-refractivity contribution is -0.385. The molecule has 0 saturated carbocycles. The molecule has 0 amide bonds. The van der Waals surface area contributed by atoms with Gasteiger partial charge in [0.15, 0.2) is 5.75 Å². The number of benzene rings is 2. The van der Waals surface area contributed by atoms with Crippen LogP contribution in [0.25, 0.3) is 0 Å². The third-order valence-electron chi connectivity index (χ3n) is 3.28. The molecule has 0 radical (unpaired) electrons. The summed E-state index contributed by atoms with van der Waals surface area (Å²) in [5.41, 5.74) is 6.86. The highest BCUT2D eigenvalue weighted by Crippen LogP contribution is 2.29. The number of aliphatic hydroxyl groups is 1. The maximum atomic E-state index is 10.8. The first-order chi connectivity index (χ1) is 9.99. The van der Waals surface area contributed by atoms with Crippen LogP contribution in [0.1, 0.15) is 17.2 Å². The molecule has 6 nitrogen and oxygen atoms in total. The molecule has 2 atom stereocenters. The van der Waals surface area contributed by atoms with E-state index in [1.807, 2.05) is 30.3 Å². The average Bonchev–Trinajstić information content (AvgIpc) is 2.47. The summed E-state index contributed by atoms with van der Waals surface area (Å²) >= 11 is 0. The van der Waals surface area contributed by atoms with E-state index < -0.39 is 28.5 Å². The highest BCUT2D eigenvalue weighted by Gasteiger charge is 2.21. The molecule has 4 N–H and O–H groups in total. The van der Waals surface area contributed by atoms with Gasteiger partial charge < -0.3 is 15.9 Å². The number of nitro benzene ring substituents is 1. The summed E-state index contributed by atoms with van der Waals surface area (Å²) in [6.07, 6.45) is -0.534. The van der Waals surface area contributed by atoms with Gasteiger partial charge in [0, 0.05) is 12.5 Å². The van der Waals surface area contributed by atoms with Gasteiger partial charge >= 0.3 is 5.69 Å². The van der Waals surface area contributed by atoms with Crippen LogP contribution in [0.4, 0.5) is 5.69 Å². The minimum Gasteiger partial charge on any atom is -0.502 e. The molecule has 2 aromatic rings. The molecule has 0 saturated heterocycles. The Labute approximate surface area is 121 Å². The number of nitrogens with two attached hydrogens (primary N) is 1. The Bertz CT molecular complexity index is 631. The van der Waals surface area contributed by atoms with Crippen LogP contribution in [0, 0.1) is 10.1 Å². The first-order valence-electron chi connectivity index (χ1n) is 6.44. The van der Waals surface area contributed by atoms with E-state index in [1.165, 1.54) is 18.2 Å². The molecule has 0 bridgehead atoms. The predicted molar refractivity (Wildman–Crippen MR) is 77.8 cm³/mol. The summed E-state index contributed by atoms with van der Waals surface area (Å²) in [4.78, 5) is 10.1. The van der Waals surface area contributed by atoms with E-state index in [4.69, 9.17) is 5.73 Å². The van der Waals surface area contributed by atoms with E-state index in [0.29, 0.717) is 12.0 Å². The number of hydrogen-bond acceptors (Lipinski definition) is 5. The van der Waals surface area contributed by atoms with Crippen LogP contribution >= 0.6 is 0 Å². The van der Waals surface area contributed by atoms with Crippen molar-refractivity contribution >= 4 is 5.69 Å². The topological polar surface area (TPSA) is 110 Å². The van der Waals surface area contributed by atoms with Crippen LogP contribution in [0.3, 0.4) is 0 Å². The molecule has 21 heavy (non-hydrogen) atoms. The minimum atomic E-state index is -0.878. The highest BCUT2D eigenvalue weighted by atomic mass is 16.6. The van der Waals surface area contributed by atoms with Gasteiger partial charge in [-0.1, -0.05) is 36.4 Å². The first-order valence-corrected chi connectivity index (χ1v) is 6.44. The van der Waals surface area contributed by atoms with Crippen LogP contribution < -0.4 is 5.73 Å². The lowest BCUT2D eigenvalue weighted by Gasteiger charge is -2.19. The van der Waals surface area contributed by atoms with Crippen molar-refractivity contribution < 1.29 is 15.1 Å². The Hall–Kier alpha value is -2.44. The van der Waals surface area contributed by atoms with Crippen LogP contribution in [0.2, 0.25) is 0 Å². The average molecular weight is 288 g/mol. The van der Waals surface area contributed by atoms with Gasteiger partial charge in [0.1, 0.15) is 0 Å². The molecule has 0 aromatic heterocycles. The Morgan fingerprint density at radius 2 is 1.86 bits per heavy atom. The fourth-order valence-corrected chi connectivity index (χ4v) is 2.10. The van der Waals surface area contributed by atoms with Gasteiger partial charge in [0.05, 0.1) is 17.1 Å². The van der Waals surface area contributed by atoms with Crippen molar-refractivity contribution in [1.29, 1.82) is 0 Å². The third-order valence-corrected chi connectivity index (χ3v) is 3.28. The van der Waals surface area contributed by atoms with Crippen LogP contribution in [0.15, 0.2) is 48.5 Å². The standard InChI is InChI=1S/C15H16N2O4/c16-15(14(19)8-10-4-2-1-3-5-10)11-6-7-13(18)12(9-11)17(20)21/h1-7,9,14-15,18-19H,8,16H2/t14-,15+/m1/s1. The lowest BCUT2D eigenvalue weighted by Crippen LogP contribution is -2.28. The number of phenolic OH excluding ortho intramolecular Hbond substituents is 1. The fraction of sp³-hybridized carbons (Fsp3) is 0.200. The van der Waals surface area contributed by atoms with Gasteiger partial charge in [-0.25, -0.2) is 0 Å². The van der Waals surface area contributed by atoms with Crippen molar-refractivity contribution in [2.24, 2.45) is 5.73 Å². The molecular formula is C15H16N2O4. The van der Waals surface area contributed by atoms with Gasteiger partial charge in [-0.2, -0.15) is 0 Å². The summed E-state index contributed by atoms with van der Waals surface area (Å²) in [5.74, 6) is -0.423. The smallest absolute Gasteiger partial charge is 0.311 e. The molecule has 0 heterocycles. The van der Waals surface area contributed by atoms with Crippen molar-refractivity contribution in [3.05, 3.63) is 69.8 Å². The molecule has 110 valence electrons. The van der Waals surface area contributed by atoms with Crippen molar-refractivity contribution in [3.8, 4) is 5.75 Å². The number of hydrogen-bond donors (Lipinski definition) is 3. The van der Waals surface area contributed by atoms with Gasteiger partial charge in [-0.3, -0.25) is 10.1 Å². The Morgan fingerprint density at radius 1 is 1.19 bits per heavy atom. The number of rotatable bonds is 5. The zero-order chi connectivity index (χ0) is 15.4. The zero-order valence-corrected chi connectivity index (χ0v) is 11.2. The second kappa shape index (κ2) is 6.34. The van der Waals surface area contributed by atoms with E-state index in [0.717, 1.165) is 5.56 Å². The molecule has 0 spiro atoms. The molecule has 6 heteroatoms. The van der Waals surface area contributed by atoms with Crippen molar-refractivity contribution in [2.45, 2.75) is 18.6 Å². The van der Waals surface area contributed by atoms with Crippen molar-refractivity contribution in [1.82, 2.24) is 0 Å². The minimum absolute atomic E-state index is 0.344. The van der Waals surface area contributed by atoms with Crippen LogP contribution in [-0.2, 0) is 6.42 Å². The zero-order valence-electron chi connectivity index (χ0n) is 11.2. The lowest BCUT2D eigenvalue weighted by atomic mass is 9.96. The van der Waals surface area contributed by atoms with Gasteiger partial charge in [-0.05, 0) is 17.2 Å². The quantitative estimate of drug-likeness (QED) is 0.575. The molecule has 0 aliphatic carbocycles. The van der Waals surface area contributed by atoms with E-state index >= 15 is 0 Å². The molecule has 2 aromatic carbocycles. The van der Waals surface area contributed by atoms with Crippen LogP contribution in [-0.4, -0.2) is 21.2 Å². The molecule has 0 aliphatic heterocycles. The van der Waals surface area contributed by atoms with E-state index in [2.05, 4.69) is 0 Å². The van der Waals surface area contributed by atoms with Gasteiger partial charge in [0.2, 0.25) is 0 Å². The van der Waals surface area contributed by atoms with Crippen LogP contribution in [0.5, 0.6) is 5.75 Å². The summed E-state index contributed by atoms with van der Waals surface area (Å²) in [5, 5.41) is 30.4. The molecule has 0 unspecified atom stereocenters. The number of nitrogens with zero attached hydrogens (tertiary/aromatic N) is 1. The first kappa shape index (κ1) is 15.0. The van der Waals surface area contributed by atoms with Crippen molar-refractivity contribution in [3.63, 3.8) is 0 Å². The summed E-state index contributed by atoms with van der Waals surface area (Å²) in [6, 6.07) is 12.4. The highest BCUT2D eigenvalue weighted by molar-refractivity contribution is 5.48. The molecular weight excluding hydrogens is 272 g/mol. The monoisotopic (exact) mass is 288 g/mol. The largest absolute Gasteiger partial charge is 0.502 e. The molecule has 0 fully saturated rings. The second-order valence-corrected chi connectivity index (χ2v) is 4.79. The number of nitro groups is 1. The summed E-state index contributed by atoms with van der Waals surface area (Å²) in [7, 11) is 0. The Balaban J connectivity index is 2.17. The number of aromatic hydroxyl groups is 1. The molecule has 2 rings (SSSR count). The summed E-state index contributed by atoms with van der Waals surface area (Å²) < 4.78 is 0. The predicted octanol–water partition coefficient (Wildman–Crippen LogP) is 1.90. The number of aliphatic hydroxyl groups excluding tert-OH is 1. The SMILES string of the molecule is N[C@@H](c1ccc(O)c([N+](=O)[O-])c1)[C@H](O)Cc1ccccc1. The second-order valence-electron chi connectivity index (χ2n) is 4.79. The van der Waals surface area contributed by atoms with Gasteiger partial charge in [-0.15, -0.1) is 0 Å². The number of phenols is 1. The summed E-state index contributed by atoms with van der Waals surface area (Å²) in [6.45, 7) is 0. The fourth-order valence-electron chi connectivity index (χ4n) is 2.10.